The van der Waals surface area contributed by atoms with Crippen molar-refractivity contribution in [3.8, 4) is 5.75 Å². The number of ether oxygens (including phenoxy) is 1. The molecule has 7 heteroatoms. The highest BCUT2D eigenvalue weighted by Gasteiger charge is 2.13. The summed E-state index contributed by atoms with van der Waals surface area (Å²) in [5.41, 5.74) is 2.04. The van der Waals surface area contributed by atoms with Crippen LogP contribution in [0.15, 0.2) is 42.5 Å². The van der Waals surface area contributed by atoms with Crippen molar-refractivity contribution in [1.82, 2.24) is 5.32 Å². The third-order valence-corrected chi connectivity index (χ3v) is 5.16. The van der Waals surface area contributed by atoms with E-state index < -0.39 is 10.8 Å². The molecule has 0 unspecified atom stereocenters. The highest BCUT2D eigenvalue weighted by Crippen LogP contribution is 2.22. The van der Waals surface area contributed by atoms with Gasteiger partial charge in [0.2, 0.25) is 5.91 Å². The maximum Gasteiger partial charge on any atom is 0.232 e. The third-order valence-electron chi connectivity index (χ3n) is 3.94. The van der Waals surface area contributed by atoms with Gasteiger partial charge in [-0.1, -0.05) is 12.1 Å². The summed E-state index contributed by atoms with van der Waals surface area (Å²) < 4.78 is 30.4. The topological polar surface area (TPSA) is 72.5 Å². The smallest absolute Gasteiger partial charge is 0.232 e. The maximum atomic E-state index is 12.9. The first-order chi connectivity index (χ1) is 12.9. The van der Waals surface area contributed by atoms with Crippen molar-refractivity contribution in [1.29, 1.82) is 0 Å². The normalized spacial score (nSPS) is 11.7. The summed E-state index contributed by atoms with van der Waals surface area (Å²) in [5.74, 6) is -0.208. The molecule has 1 amide bonds. The van der Waals surface area contributed by atoms with Crippen LogP contribution in [-0.2, 0) is 27.8 Å². The maximum absolute atomic E-state index is 12.9. The van der Waals surface area contributed by atoms with Crippen LogP contribution in [0.5, 0.6) is 5.75 Å². The number of benzene rings is 2. The molecule has 0 radical (unpaired) electrons. The van der Waals surface area contributed by atoms with Crippen molar-refractivity contribution >= 4 is 22.5 Å². The van der Waals surface area contributed by atoms with Crippen LogP contribution in [0, 0.1) is 5.82 Å². The van der Waals surface area contributed by atoms with Gasteiger partial charge in [-0.25, -0.2) is 4.39 Å². The summed E-state index contributed by atoms with van der Waals surface area (Å²) in [5, 5.41) is 2.71. The number of amides is 1. The fourth-order valence-corrected chi connectivity index (χ4v) is 3.60. The predicted octanol–water partition coefficient (Wildman–Crippen LogP) is 2.64. The van der Waals surface area contributed by atoms with E-state index in [1.807, 2.05) is 0 Å². The van der Waals surface area contributed by atoms with E-state index in [-0.39, 0.29) is 29.0 Å². The molecule has 0 aromatic heterocycles. The molecule has 2 aromatic carbocycles. The summed E-state index contributed by atoms with van der Waals surface area (Å²) in [7, 11) is 0.0589. The van der Waals surface area contributed by atoms with Gasteiger partial charge in [0.05, 0.1) is 12.9 Å². The first-order valence-electron chi connectivity index (χ1n) is 8.43. The first kappa shape index (κ1) is 20.8. The van der Waals surface area contributed by atoms with Gasteiger partial charge in [0.15, 0.2) is 5.78 Å². The minimum absolute atomic E-state index is 0.0942. The van der Waals surface area contributed by atoms with Crippen molar-refractivity contribution in [2.24, 2.45) is 0 Å². The number of carbonyl (C=O) groups excluding carboxylic acids is 2. The quantitative estimate of drug-likeness (QED) is 0.667. The van der Waals surface area contributed by atoms with E-state index in [1.54, 1.807) is 30.3 Å². The number of ketones is 1. The van der Waals surface area contributed by atoms with E-state index in [0.29, 0.717) is 29.8 Å². The van der Waals surface area contributed by atoms with Gasteiger partial charge in [-0.2, -0.15) is 0 Å². The molecule has 1 N–H and O–H groups in total. The Bertz CT molecular complexity index is 836. The van der Waals surface area contributed by atoms with E-state index in [0.717, 1.165) is 5.56 Å². The summed E-state index contributed by atoms with van der Waals surface area (Å²) in [6.45, 7) is 1.84. The number of rotatable bonds is 9. The van der Waals surface area contributed by atoms with Crippen LogP contribution in [-0.4, -0.2) is 35.3 Å². The van der Waals surface area contributed by atoms with Crippen LogP contribution >= 0.6 is 0 Å². The molecule has 0 saturated carbocycles. The van der Waals surface area contributed by atoms with Crippen molar-refractivity contribution in [3.05, 3.63) is 65.0 Å². The zero-order valence-electron chi connectivity index (χ0n) is 15.3. The van der Waals surface area contributed by atoms with E-state index in [4.69, 9.17) is 4.74 Å². The minimum Gasteiger partial charge on any atom is -0.496 e. The molecule has 2 aromatic rings. The van der Waals surface area contributed by atoms with Gasteiger partial charge in [0.1, 0.15) is 17.3 Å². The van der Waals surface area contributed by atoms with Gasteiger partial charge < -0.3 is 10.1 Å². The number of methoxy groups -OCH3 is 1. The highest BCUT2D eigenvalue weighted by molar-refractivity contribution is 7.84. The summed E-state index contributed by atoms with van der Waals surface area (Å²) in [4.78, 5) is 23.5. The molecular formula is C20H22FNO4S. The second-order valence-electron chi connectivity index (χ2n) is 6.04. The molecule has 0 saturated heterocycles. The lowest BCUT2D eigenvalue weighted by atomic mass is 10.1. The average molecular weight is 391 g/mol. The second-order valence-corrected chi connectivity index (χ2v) is 7.49. The molecule has 1 atom stereocenters. The Labute approximate surface area is 160 Å². The van der Waals surface area contributed by atoms with Crippen molar-refractivity contribution in [2.75, 3.05) is 19.4 Å². The predicted molar refractivity (Wildman–Crippen MR) is 103 cm³/mol. The Balaban J connectivity index is 1.85. The third kappa shape index (κ3) is 6.60. The number of Topliss-reactive ketones (excluding diaryl/α,β-unsaturated/α-hetero) is 1. The van der Waals surface area contributed by atoms with E-state index >= 15 is 0 Å². The van der Waals surface area contributed by atoms with Gasteiger partial charge in [-0.15, -0.1) is 0 Å². The van der Waals surface area contributed by atoms with Gasteiger partial charge >= 0.3 is 0 Å². The van der Waals surface area contributed by atoms with E-state index in [9.17, 15) is 18.2 Å². The molecule has 0 fully saturated rings. The Hall–Kier alpha value is -2.54. The molecule has 2 rings (SSSR count). The number of carbonyl (C=O) groups is 2. The largest absolute Gasteiger partial charge is 0.496 e. The lowest BCUT2D eigenvalue weighted by Gasteiger charge is -2.10. The number of hydrogen-bond donors (Lipinski definition) is 1. The first-order valence-corrected chi connectivity index (χ1v) is 9.92. The molecule has 0 bridgehead atoms. The Morgan fingerprint density at radius 2 is 1.85 bits per heavy atom. The summed E-state index contributed by atoms with van der Waals surface area (Å²) in [6.07, 6.45) is 0.563. The van der Waals surface area contributed by atoms with Crippen LogP contribution in [0.4, 0.5) is 4.39 Å². The lowest BCUT2D eigenvalue weighted by molar-refractivity contribution is -0.118. The Morgan fingerprint density at radius 3 is 2.48 bits per heavy atom. The number of hydrogen-bond acceptors (Lipinski definition) is 4. The second kappa shape index (κ2) is 9.97. The number of halogens is 1. The molecule has 0 heterocycles. The van der Waals surface area contributed by atoms with Crippen molar-refractivity contribution in [2.45, 2.75) is 19.1 Å². The fourth-order valence-electron chi connectivity index (χ4n) is 2.53. The molecule has 5 nitrogen and oxygen atoms in total. The zero-order chi connectivity index (χ0) is 19.8. The van der Waals surface area contributed by atoms with Crippen molar-refractivity contribution in [3.63, 3.8) is 0 Å². The fraction of sp³-hybridized carbons (Fsp3) is 0.300. The SMILES string of the molecule is COc1ccc(C(C)=O)cc1C[S@](=O)CC(=O)NCCc1ccc(F)cc1. The molecule has 0 aliphatic heterocycles. The molecular weight excluding hydrogens is 369 g/mol. The Morgan fingerprint density at radius 1 is 1.15 bits per heavy atom. The van der Waals surface area contributed by atoms with Gasteiger partial charge in [-0.3, -0.25) is 13.8 Å². The van der Waals surface area contributed by atoms with Crippen LogP contribution in [0.2, 0.25) is 0 Å². The van der Waals surface area contributed by atoms with Gasteiger partial charge in [0, 0.05) is 28.5 Å². The molecule has 27 heavy (non-hydrogen) atoms. The minimum atomic E-state index is -1.44. The summed E-state index contributed by atoms with van der Waals surface area (Å²) in [6, 6.07) is 11.0. The zero-order valence-corrected chi connectivity index (χ0v) is 16.1. The van der Waals surface area contributed by atoms with Crippen LogP contribution < -0.4 is 10.1 Å². The number of nitrogens with one attached hydrogen (secondary N) is 1. The average Bonchev–Trinajstić information content (AvgIpc) is 2.63. The van der Waals surface area contributed by atoms with E-state index in [2.05, 4.69) is 5.32 Å². The monoisotopic (exact) mass is 391 g/mol. The molecule has 144 valence electrons. The van der Waals surface area contributed by atoms with Crippen LogP contribution in [0.1, 0.15) is 28.4 Å². The van der Waals surface area contributed by atoms with Crippen molar-refractivity contribution < 1.29 is 22.9 Å². The van der Waals surface area contributed by atoms with Crippen LogP contribution in [0.25, 0.3) is 0 Å². The summed E-state index contributed by atoms with van der Waals surface area (Å²) >= 11 is 0. The van der Waals surface area contributed by atoms with E-state index in [1.165, 1.54) is 26.2 Å². The standard InChI is InChI=1S/C20H22FNO4S/c1-14(23)16-5-8-19(26-2)17(11-16)12-27(25)13-20(24)22-10-9-15-3-6-18(21)7-4-15/h3-8,11H,9-10,12-13H2,1-2H3,(H,22,24)/t27-/m0/s1. The molecule has 0 aliphatic rings. The molecule has 0 spiro atoms. The Kier molecular flexibility index (Phi) is 7.67. The van der Waals surface area contributed by atoms with Gasteiger partial charge in [0.25, 0.3) is 0 Å². The lowest BCUT2D eigenvalue weighted by Crippen LogP contribution is -2.30. The molecule has 0 aliphatic carbocycles. The van der Waals surface area contributed by atoms with Gasteiger partial charge in [-0.05, 0) is 49.2 Å². The van der Waals surface area contributed by atoms with Crippen LogP contribution in [0.3, 0.4) is 0 Å². The highest BCUT2D eigenvalue weighted by atomic mass is 32.2.